The van der Waals surface area contributed by atoms with Crippen molar-refractivity contribution in [1.29, 1.82) is 0 Å². The number of fused-ring (bicyclic) bond motifs is 1. The van der Waals surface area contributed by atoms with Crippen molar-refractivity contribution in [2.24, 2.45) is 5.92 Å². The van der Waals surface area contributed by atoms with E-state index in [0.717, 1.165) is 39.0 Å². The van der Waals surface area contributed by atoms with Gasteiger partial charge in [-0.15, -0.1) is 22.7 Å². The van der Waals surface area contributed by atoms with Gasteiger partial charge in [0.2, 0.25) is 5.91 Å². The third-order valence-electron chi connectivity index (χ3n) is 4.63. The Morgan fingerprint density at radius 3 is 2.82 bits per heavy atom. The highest BCUT2D eigenvalue weighted by Crippen LogP contribution is 2.40. The summed E-state index contributed by atoms with van der Waals surface area (Å²) < 4.78 is 5.41. The summed E-state index contributed by atoms with van der Waals surface area (Å²) >= 11 is 3.57. The third-order valence-corrected chi connectivity index (χ3v) is 6.55. The zero-order valence-electron chi connectivity index (χ0n) is 12.4. The van der Waals surface area contributed by atoms with Gasteiger partial charge in [0.05, 0.1) is 6.04 Å². The largest absolute Gasteiger partial charge is 0.381 e. The fraction of sp³-hybridized carbons (Fsp3) is 0.471. The van der Waals surface area contributed by atoms with Crippen molar-refractivity contribution in [3.63, 3.8) is 0 Å². The van der Waals surface area contributed by atoms with Crippen LogP contribution in [0.5, 0.6) is 0 Å². The first-order chi connectivity index (χ1) is 10.8. The molecular weight excluding hydrogens is 314 g/mol. The van der Waals surface area contributed by atoms with Crippen LogP contribution in [0, 0.1) is 5.92 Å². The number of hydrogen-bond acceptors (Lipinski definition) is 4. The second kappa shape index (κ2) is 6.14. The average molecular weight is 333 g/mol. The van der Waals surface area contributed by atoms with E-state index in [4.69, 9.17) is 4.74 Å². The van der Waals surface area contributed by atoms with Crippen molar-refractivity contribution < 1.29 is 9.53 Å². The van der Waals surface area contributed by atoms with Crippen LogP contribution in [-0.4, -0.2) is 30.6 Å². The first-order valence-corrected chi connectivity index (χ1v) is 9.58. The van der Waals surface area contributed by atoms with Crippen molar-refractivity contribution in [1.82, 2.24) is 4.90 Å². The van der Waals surface area contributed by atoms with Gasteiger partial charge in [-0.1, -0.05) is 6.07 Å². The first kappa shape index (κ1) is 14.4. The van der Waals surface area contributed by atoms with Crippen molar-refractivity contribution >= 4 is 28.6 Å². The molecule has 0 aliphatic carbocycles. The quantitative estimate of drug-likeness (QED) is 0.838. The lowest BCUT2D eigenvalue weighted by Gasteiger charge is -2.38. The number of rotatable bonds is 2. The minimum atomic E-state index is 0.116. The molecule has 22 heavy (non-hydrogen) atoms. The van der Waals surface area contributed by atoms with Crippen LogP contribution in [0.1, 0.15) is 34.2 Å². The molecule has 0 unspecified atom stereocenters. The Balaban J connectivity index is 1.67. The number of ether oxygens (including phenoxy) is 1. The van der Waals surface area contributed by atoms with Crippen LogP contribution in [0.25, 0.3) is 0 Å². The lowest BCUT2D eigenvalue weighted by atomic mass is 9.93. The van der Waals surface area contributed by atoms with Gasteiger partial charge >= 0.3 is 0 Å². The van der Waals surface area contributed by atoms with E-state index in [1.807, 2.05) is 11.3 Å². The van der Waals surface area contributed by atoms with Gasteiger partial charge in [-0.2, -0.15) is 0 Å². The maximum atomic E-state index is 13.1. The Bertz CT molecular complexity index is 643. The Kier molecular flexibility index (Phi) is 4.03. The molecule has 4 rings (SSSR count). The number of amides is 1. The molecule has 2 aliphatic heterocycles. The number of hydrogen-bond donors (Lipinski definition) is 0. The Labute approximate surface area is 138 Å². The molecule has 1 atom stereocenters. The molecule has 3 nitrogen and oxygen atoms in total. The molecule has 116 valence electrons. The molecular formula is C17H19NO2S2. The summed E-state index contributed by atoms with van der Waals surface area (Å²) in [5.74, 6) is 0.454. The molecule has 1 amide bonds. The normalized spacial score (nSPS) is 22.5. The number of carbonyl (C=O) groups is 1. The zero-order valence-corrected chi connectivity index (χ0v) is 14.0. The minimum Gasteiger partial charge on any atom is -0.381 e. The maximum absolute atomic E-state index is 13.1. The maximum Gasteiger partial charge on any atom is 0.226 e. The third kappa shape index (κ3) is 2.51. The molecule has 1 saturated heterocycles. The van der Waals surface area contributed by atoms with Crippen molar-refractivity contribution in [3.8, 4) is 0 Å². The summed E-state index contributed by atoms with van der Waals surface area (Å²) in [5, 5.41) is 4.26. The van der Waals surface area contributed by atoms with E-state index in [1.54, 1.807) is 11.3 Å². The summed E-state index contributed by atoms with van der Waals surface area (Å²) in [6.45, 7) is 2.28. The van der Waals surface area contributed by atoms with Gasteiger partial charge in [-0.3, -0.25) is 4.79 Å². The van der Waals surface area contributed by atoms with Crippen molar-refractivity contribution in [2.75, 3.05) is 19.8 Å². The summed E-state index contributed by atoms with van der Waals surface area (Å²) in [6, 6.07) is 6.56. The summed E-state index contributed by atoms with van der Waals surface area (Å²) in [4.78, 5) is 17.9. The number of carbonyl (C=O) groups excluding carboxylic acids is 1. The van der Waals surface area contributed by atoms with Crippen LogP contribution in [-0.2, 0) is 16.0 Å². The van der Waals surface area contributed by atoms with E-state index in [-0.39, 0.29) is 12.0 Å². The Hall–Kier alpha value is -1.17. The molecule has 0 N–H and O–H groups in total. The summed E-state index contributed by atoms with van der Waals surface area (Å²) in [5.41, 5.74) is 1.33. The molecule has 0 radical (unpaired) electrons. The first-order valence-electron chi connectivity index (χ1n) is 7.82. The standard InChI is InChI=1S/C17H19NO2S2/c19-17(12-4-8-20-9-5-12)18-7-3-14-13(6-11-22-14)16(18)15-2-1-10-21-15/h1-2,6,10-12,16H,3-5,7-9H2/t16-/m0/s1. The van der Waals surface area contributed by atoms with E-state index in [9.17, 15) is 4.79 Å². The molecule has 1 fully saturated rings. The number of thiophene rings is 2. The van der Waals surface area contributed by atoms with Crippen molar-refractivity contribution in [3.05, 3.63) is 44.3 Å². The van der Waals surface area contributed by atoms with E-state index >= 15 is 0 Å². The van der Waals surface area contributed by atoms with Crippen LogP contribution < -0.4 is 0 Å². The molecule has 5 heteroatoms. The molecule has 0 saturated carbocycles. The van der Waals surface area contributed by atoms with E-state index in [0.29, 0.717) is 5.91 Å². The van der Waals surface area contributed by atoms with Crippen LogP contribution in [0.4, 0.5) is 0 Å². The Morgan fingerprint density at radius 1 is 1.18 bits per heavy atom. The second-order valence-corrected chi connectivity index (χ2v) is 7.87. The summed E-state index contributed by atoms with van der Waals surface area (Å²) in [7, 11) is 0. The lowest BCUT2D eigenvalue weighted by molar-refractivity contribution is -0.140. The van der Waals surface area contributed by atoms with E-state index in [1.165, 1.54) is 15.3 Å². The fourth-order valence-corrected chi connectivity index (χ4v) is 5.24. The minimum absolute atomic E-state index is 0.116. The van der Waals surface area contributed by atoms with E-state index < -0.39 is 0 Å². The van der Waals surface area contributed by atoms with Crippen LogP contribution >= 0.6 is 22.7 Å². The molecule has 0 aromatic carbocycles. The predicted molar refractivity (Wildman–Crippen MR) is 89.4 cm³/mol. The predicted octanol–water partition coefficient (Wildman–Crippen LogP) is 3.71. The monoisotopic (exact) mass is 333 g/mol. The molecule has 2 aromatic heterocycles. The molecule has 0 spiro atoms. The smallest absolute Gasteiger partial charge is 0.226 e. The molecule has 0 bridgehead atoms. The van der Waals surface area contributed by atoms with Gasteiger partial charge in [0.15, 0.2) is 0 Å². The highest BCUT2D eigenvalue weighted by atomic mass is 32.1. The van der Waals surface area contributed by atoms with Crippen molar-refractivity contribution in [2.45, 2.75) is 25.3 Å². The molecule has 4 heterocycles. The lowest BCUT2D eigenvalue weighted by Crippen LogP contribution is -2.44. The zero-order chi connectivity index (χ0) is 14.9. The van der Waals surface area contributed by atoms with Crippen LogP contribution in [0.2, 0.25) is 0 Å². The fourth-order valence-electron chi connectivity index (χ4n) is 3.49. The van der Waals surface area contributed by atoms with E-state index in [2.05, 4.69) is 33.9 Å². The van der Waals surface area contributed by atoms with Gasteiger partial charge in [0, 0.05) is 35.4 Å². The average Bonchev–Trinajstić information content (AvgIpc) is 3.25. The number of nitrogens with zero attached hydrogens (tertiary/aromatic N) is 1. The highest BCUT2D eigenvalue weighted by Gasteiger charge is 2.36. The van der Waals surface area contributed by atoms with Crippen LogP contribution in [0.15, 0.2) is 29.0 Å². The highest BCUT2D eigenvalue weighted by molar-refractivity contribution is 7.10. The van der Waals surface area contributed by atoms with Gasteiger partial charge in [0.25, 0.3) is 0 Å². The van der Waals surface area contributed by atoms with Gasteiger partial charge in [-0.25, -0.2) is 0 Å². The Morgan fingerprint density at radius 2 is 2.05 bits per heavy atom. The second-order valence-electron chi connectivity index (χ2n) is 5.89. The molecule has 2 aliphatic rings. The van der Waals surface area contributed by atoms with Gasteiger partial charge in [-0.05, 0) is 47.7 Å². The SMILES string of the molecule is O=C(C1CCOCC1)N1CCc2sccc2[C@H]1c1cccs1. The topological polar surface area (TPSA) is 29.5 Å². The van der Waals surface area contributed by atoms with Gasteiger partial charge < -0.3 is 9.64 Å². The van der Waals surface area contributed by atoms with Gasteiger partial charge in [0.1, 0.15) is 0 Å². The molecule has 2 aromatic rings. The summed E-state index contributed by atoms with van der Waals surface area (Å²) in [6.07, 6.45) is 2.72. The van der Waals surface area contributed by atoms with Crippen LogP contribution in [0.3, 0.4) is 0 Å².